The van der Waals surface area contributed by atoms with Gasteiger partial charge in [-0.05, 0) is 43.5 Å². The van der Waals surface area contributed by atoms with E-state index in [1.807, 2.05) is 43.3 Å². The van der Waals surface area contributed by atoms with Gasteiger partial charge in [0.15, 0.2) is 0 Å². The van der Waals surface area contributed by atoms with Crippen molar-refractivity contribution in [1.82, 2.24) is 0 Å². The second-order valence-electron chi connectivity index (χ2n) is 7.44. The molecule has 0 radical (unpaired) electrons. The summed E-state index contributed by atoms with van der Waals surface area (Å²) >= 11 is 0. The van der Waals surface area contributed by atoms with Crippen molar-refractivity contribution in [2.75, 3.05) is 0 Å². The molecule has 0 aromatic heterocycles. The van der Waals surface area contributed by atoms with Crippen LogP contribution in [0.15, 0.2) is 60.7 Å². The molecule has 0 aliphatic heterocycles. The van der Waals surface area contributed by atoms with E-state index in [0.29, 0.717) is 24.0 Å². The lowest BCUT2D eigenvalue weighted by Gasteiger charge is -2.36. The molecule has 4 heteroatoms. The zero-order chi connectivity index (χ0) is 21.1. The largest absolute Gasteiger partial charge is 0.459 e. The summed E-state index contributed by atoms with van der Waals surface area (Å²) in [5.74, 6) is -0.662. The van der Waals surface area contributed by atoms with E-state index in [-0.39, 0.29) is 18.0 Å². The van der Waals surface area contributed by atoms with Gasteiger partial charge >= 0.3 is 11.9 Å². The Balaban J connectivity index is 2.18. The zero-order valence-corrected chi connectivity index (χ0v) is 17.7. The number of ether oxygens (including phenoxy) is 2. The number of hydrogen-bond donors (Lipinski definition) is 0. The number of carbonyl (C=O) groups is 2. The number of hydrogen-bond acceptors (Lipinski definition) is 4. The second-order valence-corrected chi connectivity index (χ2v) is 7.44. The summed E-state index contributed by atoms with van der Waals surface area (Å²) in [7, 11) is 0. The van der Waals surface area contributed by atoms with Crippen LogP contribution in [-0.2, 0) is 9.47 Å². The Morgan fingerprint density at radius 2 is 1.28 bits per heavy atom. The summed E-state index contributed by atoms with van der Waals surface area (Å²) in [6.45, 7) is 6.15. The second kappa shape index (κ2) is 11.4. The summed E-state index contributed by atoms with van der Waals surface area (Å²) < 4.78 is 11.9. The van der Waals surface area contributed by atoms with E-state index in [4.69, 9.17) is 9.47 Å². The third-order valence-electron chi connectivity index (χ3n) is 5.07. The van der Waals surface area contributed by atoms with Crippen LogP contribution in [0.25, 0.3) is 0 Å². The molecule has 0 saturated heterocycles. The number of carbonyl (C=O) groups excluding carboxylic acids is 2. The van der Waals surface area contributed by atoms with Crippen molar-refractivity contribution >= 4 is 11.9 Å². The predicted octanol–water partition coefficient (Wildman–Crippen LogP) is 6.21. The summed E-state index contributed by atoms with van der Waals surface area (Å²) in [6, 6.07) is 18.0. The van der Waals surface area contributed by atoms with Crippen LogP contribution < -0.4 is 0 Å². The standard InChI is InChI=1S/C25H32O4/c1-4-17-25(18-5-2,29-24(27)21-15-11-8-12-16-21)19-22(6-3)28-23(26)20-13-9-7-10-14-20/h7-16,22H,4-6,17-19H2,1-3H3. The van der Waals surface area contributed by atoms with E-state index in [1.54, 1.807) is 24.3 Å². The first-order valence-electron chi connectivity index (χ1n) is 10.6. The number of esters is 2. The van der Waals surface area contributed by atoms with Gasteiger partial charge < -0.3 is 9.47 Å². The van der Waals surface area contributed by atoms with E-state index in [2.05, 4.69) is 13.8 Å². The van der Waals surface area contributed by atoms with Gasteiger partial charge in [0.2, 0.25) is 0 Å². The smallest absolute Gasteiger partial charge is 0.338 e. The molecule has 1 unspecified atom stereocenters. The van der Waals surface area contributed by atoms with Crippen LogP contribution >= 0.6 is 0 Å². The van der Waals surface area contributed by atoms with E-state index in [9.17, 15) is 9.59 Å². The molecule has 0 aliphatic rings. The van der Waals surface area contributed by atoms with Crippen LogP contribution in [-0.4, -0.2) is 23.6 Å². The van der Waals surface area contributed by atoms with Gasteiger partial charge in [-0.2, -0.15) is 0 Å². The third kappa shape index (κ3) is 6.74. The van der Waals surface area contributed by atoms with Crippen molar-refractivity contribution in [2.45, 2.75) is 71.0 Å². The predicted molar refractivity (Wildman–Crippen MR) is 115 cm³/mol. The average molecular weight is 397 g/mol. The highest BCUT2D eigenvalue weighted by Crippen LogP contribution is 2.33. The molecule has 1 atom stereocenters. The lowest BCUT2D eigenvalue weighted by atomic mass is 9.85. The fourth-order valence-corrected chi connectivity index (χ4v) is 3.69. The van der Waals surface area contributed by atoms with E-state index in [0.717, 1.165) is 25.7 Å². The summed E-state index contributed by atoms with van der Waals surface area (Å²) in [5.41, 5.74) is 0.427. The van der Waals surface area contributed by atoms with Crippen LogP contribution in [0.3, 0.4) is 0 Å². The maximum Gasteiger partial charge on any atom is 0.338 e. The molecule has 0 N–H and O–H groups in total. The van der Waals surface area contributed by atoms with Gasteiger partial charge in [0.05, 0.1) is 11.1 Å². The monoisotopic (exact) mass is 396 g/mol. The van der Waals surface area contributed by atoms with E-state index in [1.165, 1.54) is 0 Å². The third-order valence-corrected chi connectivity index (χ3v) is 5.07. The SMILES string of the molecule is CCCC(CCC)(CC(CC)OC(=O)c1ccccc1)OC(=O)c1ccccc1. The van der Waals surface area contributed by atoms with E-state index < -0.39 is 5.60 Å². The minimum Gasteiger partial charge on any atom is -0.459 e. The average Bonchev–Trinajstić information content (AvgIpc) is 2.74. The molecular weight excluding hydrogens is 364 g/mol. The van der Waals surface area contributed by atoms with Crippen LogP contribution in [0.4, 0.5) is 0 Å². The topological polar surface area (TPSA) is 52.6 Å². The van der Waals surface area contributed by atoms with E-state index >= 15 is 0 Å². The van der Waals surface area contributed by atoms with Crippen LogP contribution in [0.1, 0.15) is 80.0 Å². The maximum absolute atomic E-state index is 12.8. The first-order chi connectivity index (χ1) is 14.0. The van der Waals surface area contributed by atoms with Gasteiger partial charge in [0.25, 0.3) is 0 Å². The normalized spacial score (nSPS) is 12.2. The Kier molecular flexibility index (Phi) is 8.91. The fraction of sp³-hybridized carbons (Fsp3) is 0.440. The first-order valence-corrected chi connectivity index (χ1v) is 10.6. The van der Waals surface area contributed by atoms with Gasteiger partial charge in [-0.15, -0.1) is 0 Å². The molecule has 0 saturated carbocycles. The van der Waals surface area contributed by atoms with Gasteiger partial charge in [-0.1, -0.05) is 70.0 Å². The molecule has 0 spiro atoms. The molecule has 0 amide bonds. The molecule has 0 heterocycles. The van der Waals surface area contributed by atoms with Gasteiger partial charge in [-0.3, -0.25) is 0 Å². The summed E-state index contributed by atoms with van der Waals surface area (Å²) in [6.07, 6.45) is 4.08. The van der Waals surface area contributed by atoms with Crippen LogP contribution in [0.5, 0.6) is 0 Å². The van der Waals surface area contributed by atoms with Crippen molar-refractivity contribution < 1.29 is 19.1 Å². The molecule has 156 valence electrons. The van der Waals surface area contributed by atoms with Crippen LogP contribution in [0, 0.1) is 0 Å². The van der Waals surface area contributed by atoms with Gasteiger partial charge in [0.1, 0.15) is 11.7 Å². The highest BCUT2D eigenvalue weighted by molar-refractivity contribution is 5.90. The minimum atomic E-state index is -0.645. The Morgan fingerprint density at radius 3 is 1.72 bits per heavy atom. The Hall–Kier alpha value is -2.62. The molecule has 0 fully saturated rings. The maximum atomic E-state index is 12.8. The van der Waals surface area contributed by atoms with Crippen molar-refractivity contribution in [2.24, 2.45) is 0 Å². The highest BCUT2D eigenvalue weighted by Gasteiger charge is 2.36. The van der Waals surface area contributed by atoms with Gasteiger partial charge in [-0.25, -0.2) is 9.59 Å². The Labute approximate surface area is 174 Å². The van der Waals surface area contributed by atoms with Crippen molar-refractivity contribution in [3.63, 3.8) is 0 Å². The minimum absolute atomic E-state index is 0.315. The molecule has 29 heavy (non-hydrogen) atoms. The summed E-state index contributed by atoms with van der Waals surface area (Å²) in [4.78, 5) is 25.3. The van der Waals surface area contributed by atoms with Crippen molar-refractivity contribution in [3.05, 3.63) is 71.8 Å². The Morgan fingerprint density at radius 1 is 0.793 bits per heavy atom. The quantitative estimate of drug-likeness (QED) is 0.424. The van der Waals surface area contributed by atoms with Gasteiger partial charge in [0, 0.05) is 6.42 Å². The highest BCUT2D eigenvalue weighted by atomic mass is 16.6. The molecular formula is C25H32O4. The van der Waals surface area contributed by atoms with Crippen molar-refractivity contribution in [3.8, 4) is 0 Å². The molecule has 2 aromatic rings. The first kappa shape index (κ1) is 22.7. The zero-order valence-electron chi connectivity index (χ0n) is 17.7. The molecule has 2 rings (SSSR count). The fourth-order valence-electron chi connectivity index (χ4n) is 3.69. The van der Waals surface area contributed by atoms with Crippen molar-refractivity contribution in [1.29, 1.82) is 0 Å². The lowest BCUT2D eigenvalue weighted by Crippen LogP contribution is -2.40. The Bertz CT molecular complexity index is 749. The number of benzene rings is 2. The molecule has 0 bridgehead atoms. The van der Waals surface area contributed by atoms with Crippen LogP contribution in [0.2, 0.25) is 0 Å². The molecule has 0 aliphatic carbocycles. The molecule has 4 nitrogen and oxygen atoms in total. The lowest BCUT2D eigenvalue weighted by molar-refractivity contribution is -0.0584. The molecule has 2 aromatic carbocycles. The summed E-state index contributed by atoms with van der Waals surface area (Å²) in [5, 5.41) is 0. The number of rotatable bonds is 11.